The number of amides is 1. The molecular formula is C21H24N4O2. The third-order valence-electron chi connectivity index (χ3n) is 5.29. The number of carbonyl (C=O) groups excluding carboxylic acids is 1. The molecule has 1 amide bonds. The monoisotopic (exact) mass is 364 g/mol. The van der Waals surface area contributed by atoms with Crippen molar-refractivity contribution in [2.24, 2.45) is 5.92 Å². The summed E-state index contributed by atoms with van der Waals surface area (Å²) in [6.07, 6.45) is 6.30. The van der Waals surface area contributed by atoms with Gasteiger partial charge in [-0.2, -0.15) is 5.10 Å². The lowest BCUT2D eigenvalue weighted by Gasteiger charge is -2.16. The molecule has 0 bridgehead atoms. The second kappa shape index (κ2) is 7.02. The molecule has 6 heteroatoms. The first-order valence-corrected chi connectivity index (χ1v) is 9.43. The van der Waals surface area contributed by atoms with Gasteiger partial charge in [0, 0.05) is 24.5 Å². The SMILES string of the molecule is Cc1ccc(CNC(=O)Cn2ccn3nc4c(c3c2=O)C[C@@H](C)CC4)cc1. The molecule has 0 radical (unpaired) electrons. The standard InChI is InChI=1S/C21H24N4O2/c1-14-3-6-16(7-4-14)12-22-19(26)13-24-9-10-25-20(21(24)27)17-11-15(2)5-8-18(17)23-25/h3-4,6-7,9-10,15H,5,8,11-13H2,1-2H3,(H,22,26)/t15-/m0/s1. The molecule has 4 rings (SSSR count). The zero-order valence-electron chi connectivity index (χ0n) is 15.7. The number of benzene rings is 1. The Morgan fingerprint density at radius 3 is 2.81 bits per heavy atom. The van der Waals surface area contributed by atoms with E-state index in [0.29, 0.717) is 18.0 Å². The Morgan fingerprint density at radius 2 is 2.04 bits per heavy atom. The van der Waals surface area contributed by atoms with E-state index >= 15 is 0 Å². The highest BCUT2D eigenvalue weighted by Crippen LogP contribution is 2.26. The topological polar surface area (TPSA) is 68.4 Å². The molecule has 0 spiro atoms. The first-order chi connectivity index (χ1) is 13.0. The van der Waals surface area contributed by atoms with Crippen molar-refractivity contribution in [3.05, 3.63) is 69.4 Å². The summed E-state index contributed by atoms with van der Waals surface area (Å²) >= 11 is 0. The molecule has 2 heterocycles. The fraction of sp³-hybridized carbons (Fsp3) is 0.381. The number of hydrogen-bond donors (Lipinski definition) is 1. The van der Waals surface area contributed by atoms with Crippen LogP contribution in [0.15, 0.2) is 41.5 Å². The van der Waals surface area contributed by atoms with Crippen LogP contribution in [-0.2, 0) is 30.7 Å². The van der Waals surface area contributed by atoms with Gasteiger partial charge in [0.2, 0.25) is 5.91 Å². The molecule has 1 aliphatic rings. The Labute approximate surface area is 157 Å². The molecule has 2 aromatic heterocycles. The van der Waals surface area contributed by atoms with Crippen LogP contribution in [0.5, 0.6) is 0 Å². The van der Waals surface area contributed by atoms with Crippen molar-refractivity contribution in [2.45, 2.75) is 46.2 Å². The van der Waals surface area contributed by atoms with Crippen LogP contribution >= 0.6 is 0 Å². The summed E-state index contributed by atoms with van der Waals surface area (Å²) in [5.74, 6) is 0.375. The van der Waals surface area contributed by atoms with Gasteiger partial charge in [-0.15, -0.1) is 0 Å². The minimum Gasteiger partial charge on any atom is -0.350 e. The smallest absolute Gasteiger partial charge is 0.277 e. The minimum atomic E-state index is -0.177. The summed E-state index contributed by atoms with van der Waals surface area (Å²) in [5.41, 5.74) is 4.76. The molecule has 0 unspecified atom stereocenters. The molecule has 0 fully saturated rings. The van der Waals surface area contributed by atoms with Crippen molar-refractivity contribution in [3.8, 4) is 0 Å². The number of nitrogens with zero attached hydrogens (tertiary/aromatic N) is 3. The molecule has 6 nitrogen and oxygen atoms in total. The van der Waals surface area contributed by atoms with Crippen molar-refractivity contribution in [1.29, 1.82) is 0 Å². The predicted molar refractivity (Wildman–Crippen MR) is 104 cm³/mol. The Bertz CT molecular complexity index is 1050. The second-order valence-corrected chi connectivity index (χ2v) is 7.56. The van der Waals surface area contributed by atoms with E-state index in [2.05, 4.69) is 17.3 Å². The second-order valence-electron chi connectivity index (χ2n) is 7.56. The van der Waals surface area contributed by atoms with E-state index in [1.54, 1.807) is 16.9 Å². The molecule has 1 N–H and O–H groups in total. The predicted octanol–water partition coefficient (Wildman–Crippen LogP) is 2.25. The Kier molecular flexibility index (Phi) is 4.56. The van der Waals surface area contributed by atoms with Crippen LogP contribution in [0.3, 0.4) is 0 Å². The first kappa shape index (κ1) is 17.5. The first-order valence-electron chi connectivity index (χ1n) is 9.43. The van der Waals surface area contributed by atoms with Crippen LogP contribution < -0.4 is 10.9 Å². The van der Waals surface area contributed by atoms with Gasteiger partial charge < -0.3 is 9.88 Å². The maximum Gasteiger partial charge on any atom is 0.277 e. The van der Waals surface area contributed by atoms with Crippen molar-refractivity contribution in [1.82, 2.24) is 19.5 Å². The third kappa shape index (κ3) is 3.52. The summed E-state index contributed by atoms with van der Waals surface area (Å²) in [4.78, 5) is 25.3. The molecular weight excluding hydrogens is 340 g/mol. The highest BCUT2D eigenvalue weighted by molar-refractivity contribution is 5.75. The number of carbonyl (C=O) groups is 1. The molecule has 0 aliphatic heterocycles. The molecule has 1 aromatic carbocycles. The minimum absolute atomic E-state index is 0.0106. The van der Waals surface area contributed by atoms with E-state index in [9.17, 15) is 9.59 Å². The van der Waals surface area contributed by atoms with E-state index in [4.69, 9.17) is 0 Å². The van der Waals surface area contributed by atoms with Gasteiger partial charge in [0.15, 0.2) is 0 Å². The third-order valence-corrected chi connectivity index (χ3v) is 5.29. The molecule has 3 aromatic rings. The average Bonchev–Trinajstić information content (AvgIpc) is 3.02. The van der Waals surface area contributed by atoms with Crippen molar-refractivity contribution < 1.29 is 4.79 Å². The average molecular weight is 364 g/mol. The molecule has 1 aliphatic carbocycles. The van der Waals surface area contributed by atoms with E-state index < -0.39 is 0 Å². The quantitative estimate of drug-likeness (QED) is 0.772. The highest BCUT2D eigenvalue weighted by Gasteiger charge is 2.23. The summed E-state index contributed by atoms with van der Waals surface area (Å²) in [6.45, 7) is 4.69. The van der Waals surface area contributed by atoms with E-state index in [-0.39, 0.29) is 18.0 Å². The molecule has 27 heavy (non-hydrogen) atoms. The van der Waals surface area contributed by atoms with Crippen LogP contribution in [0.4, 0.5) is 0 Å². The van der Waals surface area contributed by atoms with E-state index in [1.807, 2.05) is 31.2 Å². The number of fused-ring (bicyclic) bond motifs is 3. The van der Waals surface area contributed by atoms with Gasteiger partial charge in [0.25, 0.3) is 5.56 Å². The Hall–Kier alpha value is -2.89. The number of hydrogen-bond acceptors (Lipinski definition) is 3. The Morgan fingerprint density at radius 1 is 1.26 bits per heavy atom. The molecule has 140 valence electrons. The maximum atomic E-state index is 12.9. The van der Waals surface area contributed by atoms with Gasteiger partial charge in [0.1, 0.15) is 12.1 Å². The van der Waals surface area contributed by atoms with Gasteiger partial charge in [0.05, 0.1) is 5.69 Å². The van der Waals surface area contributed by atoms with Crippen LogP contribution in [0.1, 0.15) is 35.7 Å². The number of aromatic nitrogens is 3. The van der Waals surface area contributed by atoms with Crippen molar-refractivity contribution >= 4 is 11.4 Å². The molecule has 0 saturated heterocycles. The fourth-order valence-electron chi connectivity index (χ4n) is 3.69. The fourth-order valence-corrected chi connectivity index (χ4v) is 3.69. The van der Waals surface area contributed by atoms with Crippen LogP contribution in [0.25, 0.3) is 5.52 Å². The Balaban J connectivity index is 1.52. The maximum absolute atomic E-state index is 12.9. The largest absolute Gasteiger partial charge is 0.350 e. The van der Waals surface area contributed by atoms with Gasteiger partial charge in [-0.25, -0.2) is 4.52 Å². The molecule has 1 atom stereocenters. The van der Waals surface area contributed by atoms with Crippen LogP contribution in [0, 0.1) is 12.8 Å². The normalized spacial score (nSPS) is 16.3. The van der Waals surface area contributed by atoms with Crippen molar-refractivity contribution in [2.75, 3.05) is 0 Å². The summed E-state index contributed by atoms with van der Waals surface area (Å²) in [6, 6.07) is 8.02. The van der Waals surface area contributed by atoms with Crippen molar-refractivity contribution in [3.63, 3.8) is 0 Å². The zero-order chi connectivity index (χ0) is 19.0. The highest BCUT2D eigenvalue weighted by atomic mass is 16.2. The summed E-state index contributed by atoms with van der Waals surface area (Å²) in [7, 11) is 0. The summed E-state index contributed by atoms with van der Waals surface area (Å²) in [5, 5.41) is 7.44. The lowest BCUT2D eigenvalue weighted by Crippen LogP contribution is -2.32. The van der Waals surface area contributed by atoms with Crippen LogP contribution in [-0.4, -0.2) is 20.1 Å². The van der Waals surface area contributed by atoms with Gasteiger partial charge >= 0.3 is 0 Å². The van der Waals surface area contributed by atoms with E-state index in [0.717, 1.165) is 36.1 Å². The van der Waals surface area contributed by atoms with Gasteiger partial charge in [-0.1, -0.05) is 36.8 Å². The zero-order valence-corrected chi connectivity index (χ0v) is 15.7. The lowest BCUT2D eigenvalue weighted by molar-refractivity contribution is -0.121. The van der Waals surface area contributed by atoms with E-state index in [1.165, 1.54) is 10.1 Å². The summed E-state index contributed by atoms with van der Waals surface area (Å²) < 4.78 is 3.15. The van der Waals surface area contributed by atoms with Gasteiger partial charge in [-0.3, -0.25) is 9.59 Å². The lowest BCUT2D eigenvalue weighted by atomic mass is 9.88. The number of rotatable bonds is 4. The molecule has 0 saturated carbocycles. The van der Waals surface area contributed by atoms with Gasteiger partial charge in [-0.05, 0) is 37.7 Å². The number of nitrogens with one attached hydrogen (secondary N) is 1. The van der Waals surface area contributed by atoms with Crippen LogP contribution in [0.2, 0.25) is 0 Å². The number of aryl methyl sites for hydroxylation is 2.